The minimum atomic E-state index is -0.426. The molecule has 0 aliphatic carbocycles. The van der Waals surface area contributed by atoms with Crippen molar-refractivity contribution >= 4 is 21.5 Å². The minimum absolute atomic E-state index is 0.0435. The normalized spacial score (nSPS) is 12.4. The Morgan fingerprint density at radius 3 is 2.70 bits per heavy atom. The molecule has 0 bridgehead atoms. The summed E-state index contributed by atoms with van der Waals surface area (Å²) in [6, 6.07) is 0.0504. The van der Waals surface area contributed by atoms with Gasteiger partial charge in [0.05, 0.1) is 16.7 Å². The summed E-state index contributed by atoms with van der Waals surface area (Å²) in [5.74, 6) is 0. The van der Waals surface area contributed by atoms with Crippen molar-refractivity contribution in [3.63, 3.8) is 0 Å². The van der Waals surface area contributed by atoms with Crippen LogP contribution in [0.1, 0.15) is 36.3 Å². The first-order chi connectivity index (χ1) is 9.43. The maximum absolute atomic E-state index is 10.7. The fraction of sp³-hybridized carbons (Fsp3) is 0.500. The van der Waals surface area contributed by atoms with Gasteiger partial charge in [0.1, 0.15) is 6.20 Å². The summed E-state index contributed by atoms with van der Waals surface area (Å²) in [6.45, 7) is 6.05. The number of nitrogens with one attached hydrogen (secondary N) is 1. The van der Waals surface area contributed by atoms with E-state index in [4.69, 9.17) is 0 Å². The van der Waals surface area contributed by atoms with Gasteiger partial charge in [-0.3, -0.25) is 14.8 Å². The van der Waals surface area contributed by atoms with E-state index in [0.717, 1.165) is 34.7 Å². The molecule has 7 nitrogen and oxygen atoms in total. The number of hydrogen-bond acceptors (Lipinski definition) is 6. The lowest BCUT2D eigenvalue weighted by molar-refractivity contribution is -0.380. The van der Waals surface area contributed by atoms with E-state index in [9.17, 15) is 10.1 Å². The zero-order valence-corrected chi connectivity index (χ0v) is 12.7. The van der Waals surface area contributed by atoms with Gasteiger partial charge in [0.25, 0.3) is 0 Å². The van der Waals surface area contributed by atoms with E-state index in [1.54, 1.807) is 0 Å². The summed E-state index contributed by atoms with van der Waals surface area (Å²) in [7, 11) is 1.91. The van der Waals surface area contributed by atoms with E-state index >= 15 is 0 Å². The standard InChI is InChI=1S/C12H17N5O2S/c1-5-9(11-7(2)15-16(4)8(11)3)14-12-13-6-10(20-12)17(18)19/h6,9H,5H2,1-4H3,(H,13,14). The van der Waals surface area contributed by atoms with Gasteiger partial charge in [-0.2, -0.15) is 5.10 Å². The number of anilines is 1. The highest BCUT2D eigenvalue weighted by Crippen LogP contribution is 2.31. The van der Waals surface area contributed by atoms with Crippen LogP contribution in [0.2, 0.25) is 0 Å². The van der Waals surface area contributed by atoms with Gasteiger partial charge >= 0.3 is 5.00 Å². The summed E-state index contributed by atoms with van der Waals surface area (Å²) < 4.78 is 1.85. The van der Waals surface area contributed by atoms with E-state index in [1.807, 2.05) is 25.6 Å². The maximum Gasteiger partial charge on any atom is 0.345 e. The SMILES string of the molecule is CCC(Nc1ncc([N+](=O)[O-])s1)c1c(C)nn(C)c1C. The monoisotopic (exact) mass is 295 g/mol. The summed E-state index contributed by atoms with van der Waals surface area (Å²) >= 11 is 1.05. The second-order valence-corrected chi connectivity index (χ2v) is 5.58. The van der Waals surface area contributed by atoms with Gasteiger partial charge in [-0.15, -0.1) is 0 Å². The zero-order valence-electron chi connectivity index (χ0n) is 11.9. The molecule has 0 spiro atoms. The van der Waals surface area contributed by atoms with Crippen molar-refractivity contribution in [2.75, 3.05) is 5.32 Å². The number of hydrogen-bond donors (Lipinski definition) is 1. The summed E-state index contributed by atoms with van der Waals surface area (Å²) in [6.07, 6.45) is 2.13. The fourth-order valence-corrected chi connectivity index (χ4v) is 2.92. The quantitative estimate of drug-likeness (QED) is 0.677. The van der Waals surface area contributed by atoms with Crippen molar-refractivity contribution in [1.29, 1.82) is 0 Å². The van der Waals surface area contributed by atoms with Crippen LogP contribution < -0.4 is 5.32 Å². The first-order valence-corrected chi connectivity index (χ1v) is 7.12. The molecule has 0 aliphatic heterocycles. The number of aromatic nitrogens is 3. The average Bonchev–Trinajstić information content (AvgIpc) is 2.94. The molecule has 0 amide bonds. The van der Waals surface area contributed by atoms with E-state index in [0.29, 0.717) is 5.13 Å². The molecule has 1 atom stereocenters. The summed E-state index contributed by atoms with van der Waals surface area (Å²) in [5.41, 5.74) is 3.19. The summed E-state index contributed by atoms with van der Waals surface area (Å²) in [5, 5.41) is 19.0. The number of aryl methyl sites for hydroxylation is 2. The third-order valence-electron chi connectivity index (χ3n) is 3.29. The largest absolute Gasteiger partial charge is 0.354 e. The van der Waals surface area contributed by atoms with Crippen molar-refractivity contribution in [2.24, 2.45) is 7.05 Å². The van der Waals surface area contributed by atoms with Crippen molar-refractivity contribution in [2.45, 2.75) is 33.2 Å². The molecular formula is C12H17N5O2S. The molecule has 0 aliphatic rings. The Hall–Kier alpha value is -1.96. The van der Waals surface area contributed by atoms with Gasteiger partial charge in [-0.25, -0.2) is 4.98 Å². The molecular weight excluding hydrogens is 278 g/mol. The first kappa shape index (κ1) is 14.4. The highest BCUT2D eigenvalue weighted by molar-refractivity contribution is 7.18. The smallest absolute Gasteiger partial charge is 0.345 e. The predicted molar refractivity (Wildman–Crippen MR) is 78.1 cm³/mol. The molecule has 8 heteroatoms. The molecule has 0 fully saturated rings. The van der Waals surface area contributed by atoms with Gasteiger partial charge in [0.15, 0.2) is 5.13 Å². The zero-order chi connectivity index (χ0) is 14.9. The average molecular weight is 295 g/mol. The van der Waals surface area contributed by atoms with Crippen LogP contribution in [0, 0.1) is 24.0 Å². The molecule has 2 aromatic rings. The Morgan fingerprint density at radius 1 is 1.55 bits per heavy atom. The lowest BCUT2D eigenvalue weighted by Gasteiger charge is -2.16. The second kappa shape index (κ2) is 5.58. The van der Waals surface area contributed by atoms with Crippen LogP contribution >= 0.6 is 11.3 Å². The van der Waals surface area contributed by atoms with Gasteiger partial charge in [-0.1, -0.05) is 6.92 Å². The van der Waals surface area contributed by atoms with E-state index in [2.05, 4.69) is 22.3 Å². The highest BCUT2D eigenvalue weighted by atomic mass is 32.1. The van der Waals surface area contributed by atoms with E-state index < -0.39 is 4.92 Å². The minimum Gasteiger partial charge on any atom is -0.354 e. The highest BCUT2D eigenvalue weighted by Gasteiger charge is 2.21. The molecule has 20 heavy (non-hydrogen) atoms. The number of nitro groups is 1. The van der Waals surface area contributed by atoms with Crippen LogP contribution in [0.3, 0.4) is 0 Å². The topological polar surface area (TPSA) is 85.9 Å². The van der Waals surface area contributed by atoms with Crippen molar-refractivity contribution in [3.05, 3.63) is 33.3 Å². The fourth-order valence-electron chi connectivity index (χ4n) is 2.24. The number of rotatable bonds is 5. The Bertz CT molecular complexity index is 634. The first-order valence-electron chi connectivity index (χ1n) is 6.30. The number of nitrogens with zero attached hydrogens (tertiary/aromatic N) is 4. The molecule has 2 aromatic heterocycles. The third-order valence-corrected chi connectivity index (χ3v) is 4.17. The van der Waals surface area contributed by atoms with Gasteiger partial charge in [0, 0.05) is 18.3 Å². The summed E-state index contributed by atoms with van der Waals surface area (Å²) in [4.78, 5) is 14.3. The van der Waals surface area contributed by atoms with Gasteiger partial charge in [0.2, 0.25) is 0 Å². The second-order valence-electron chi connectivity index (χ2n) is 4.57. The van der Waals surface area contributed by atoms with Crippen LogP contribution in [-0.2, 0) is 7.05 Å². The lowest BCUT2D eigenvalue weighted by atomic mass is 10.0. The van der Waals surface area contributed by atoms with Gasteiger partial charge in [-0.05, 0) is 31.6 Å². The van der Waals surface area contributed by atoms with E-state index in [1.165, 1.54) is 6.20 Å². The van der Waals surface area contributed by atoms with Crippen LogP contribution in [0.15, 0.2) is 6.20 Å². The van der Waals surface area contributed by atoms with Gasteiger partial charge < -0.3 is 5.32 Å². The Labute approximate surface area is 120 Å². The number of thiazole rings is 1. The van der Waals surface area contributed by atoms with Crippen LogP contribution in [0.5, 0.6) is 0 Å². The molecule has 1 unspecified atom stereocenters. The molecule has 2 heterocycles. The Kier molecular flexibility index (Phi) is 4.03. The molecule has 2 rings (SSSR count). The van der Waals surface area contributed by atoms with Crippen LogP contribution in [0.25, 0.3) is 0 Å². The molecule has 1 N–H and O–H groups in total. The van der Waals surface area contributed by atoms with E-state index in [-0.39, 0.29) is 11.0 Å². The molecule has 0 radical (unpaired) electrons. The molecule has 0 aromatic carbocycles. The van der Waals surface area contributed by atoms with Crippen molar-refractivity contribution in [3.8, 4) is 0 Å². The Balaban J connectivity index is 2.26. The van der Waals surface area contributed by atoms with Crippen LogP contribution in [-0.4, -0.2) is 19.7 Å². The molecule has 0 saturated heterocycles. The third kappa shape index (κ3) is 2.64. The van der Waals surface area contributed by atoms with Crippen LogP contribution in [0.4, 0.5) is 10.1 Å². The molecule has 108 valence electrons. The Morgan fingerprint density at radius 2 is 2.25 bits per heavy atom. The predicted octanol–water partition coefficient (Wildman–Crippen LogP) is 2.96. The maximum atomic E-state index is 10.7. The van der Waals surface area contributed by atoms with Crippen molar-refractivity contribution in [1.82, 2.24) is 14.8 Å². The van der Waals surface area contributed by atoms with Crippen molar-refractivity contribution < 1.29 is 4.92 Å². The lowest BCUT2D eigenvalue weighted by Crippen LogP contribution is -2.11. The molecule has 0 saturated carbocycles.